The second kappa shape index (κ2) is 18.7. The number of rotatable bonds is 17. The van der Waals surface area contributed by atoms with Gasteiger partial charge in [0.25, 0.3) is 0 Å². The maximum absolute atomic E-state index is 5.49. The molecule has 22 heavy (non-hydrogen) atoms. The Bertz CT molecular complexity index is 220. The van der Waals surface area contributed by atoms with Gasteiger partial charge in [-0.1, -0.05) is 90.2 Å². The third kappa shape index (κ3) is 19.7. The van der Waals surface area contributed by atoms with E-state index in [1.165, 1.54) is 96.3 Å². The van der Waals surface area contributed by atoms with E-state index in [0.717, 1.165) is 12.5 Å². The zero-order chi connectivity index (χ0) is 16.3. The first-order valence-electron chi connectivity index (χ1n) is 10.1. The zero-order valence-electron chi connectivity index (χ0n) is 15.6. The Morgan fingerprint density at radius 3 is 1.45 bits per heavy atom. The molecule has 0 amide bonds. The lowest BCUT2D eigenvalue weighted by atomic mass is 10.0. The summed E-state index contributed by atoms with van der Waals surface area (Å²) in [6.07, 6.45) is 25.4. The first-order valence-corrected chi connectivity index (χ1v) is 10.1. The van der Waals surface area contributed by atoms with E-state index in [2.05, 4.69) is 26.0 Å². The summed E-state index contributed by atoms with van der Waals surface area (Å²) in [6.45, 7) is 5.52. The Balaban J connectivity index is 3.05. The van der Waals surface area contributed by atoms with E-state index >= 15 is 0 Å². The molecule has 0 atom stereocenters. The molecule has 0 saturated heterocycles. The van der Waals surface area contributed by atoms with E-state index in [1.807, 2.05) is 0 Å². The van der Waals surface area contributed by atoms with Crippen LogP contribution in [0, 0.1) is 5.92 Å². The fourth-order valence-corrected chi connectivity index (χ4v) is 2.87. The van der Waals surface area contributed by atoms with Crippen molar-refractivity contribution in [2.24, 2.45) is 11.7 Å². The van der Waals surface area contributed by atoms with Crippen LogP contribution in [-0.4, -0.2) is 6.54 Å². The summed E-state index contributed by atoms with van der Waals surface area (Å²) in [5.74, 6) is 0.885. The molecule has 0 radical (unpaired) electrons. The van der Waals surface area contributed by atoms with Gasteiger partial charge in [-0.2, -0.15) is 0 Å². The maximum atomic E-state index is 5.49. The van der Waals surface area contributed by atoms with E-state index in [0.29, 0.717) is 0 Å². The standard InChI is InChI=1S/C21H43N/c1-21(2)19-17-15-13-11-9-7-5-3-4-6-8-10-12-14-16-18-20-22/h3-4,21H,5-20,22H2,1-2H3/b4-3-. The normalized spacial score (nSPS) is 11.8. The topological polar surface area (TPSA) is 26.0 Å². The van der Waals surface area contributed by atoms with Crippen molar-refractivity contribution in [1.29, 1.82) is 0 Å². The summed E-state index contributed by atoms with van der Waals surface area (Å²) < 4.78 is 0. The Morgan fingerprint density at radius 2 is 1.00 bits per heavy atom. The minimum atomic E-state index is 0.862. The van der Waals surface area contributed by atoms with Gasteiger partial charge in [-0.25, -0.2) is 0 Å². The number of unbranched alkanes of at least 4 members (excludes halogenated alkanes) is 12. The SMILES string of the molecule is CC(C)CCCCCCCC/C=C\CCCCCCCCN. The van der Waals surface area contributed by atoms with Crippen LogP contribution in [0.1, 0.15) is 110 Å². The van der Waals surface area contributed by atoms with Gasteiger partial charge in [-0.3, -0.25) is 0 Å². The van der Waals surface area contributed by atoms with Gasteiger partial charge in [-0.05, 0) is 44.6 Å². The molecule has 0 aromatic rings. The molecule has 0 aliphatic heterocycles. The van der Waals surface area contributed by atoms with Gasteiger partial charge < -0.3 is 5.73 Å². The highest BCUT2D eigenvalue weighted by molar-refractivity contribution is 4.81. The molecule has 0 aromatic heterocycles. The van der Waals surface area contributed by atoms with E-state index in [-0.39, 0.29) is 0 Å². The quantitative estimate of drug-likeness (QED) is 0.227. The molecular formula is C21H43N. The van der Waals surface area contributed by atoms with Crippen LogP contribution in [0.4, 0.5) is 0 Å². The van der Waals surface area contributed by atoms with Gasteiger partial charge in [0.15, 0.2) is 0 Å². The van der Waals surface area contributed by atoms with Crippen LogP contribution in [0.15, 0.2) is 12.2 Å². The molecule has 0 bridgehead atoms. The lowest BCUT2D eigenvalue weighted by molar-refractivity contribution is 0.512. The molecule has 0 spiro atoms. The number of hydrogen-bond acceptors (Lipinski definition) is 1. The molecule has 0 aromatic carbocycles. The van der Waals surface area contributed by atoms with Crippen molar-refractivity contribution < 1.29 is 0 Å². The number of nitrogens with two attached hydrogens (primary N) is 1. The van der Waals surface area contributed by atoms with Gasteiger partial charge >= 0.3 is 0 Å². The maximum Gasteiger partial charge on any atom is -0.00773 e. The van der Waals surface area contributed by atoms with Crippen LogP contribution < -0.4 is 5.73 Å². The van der Waals surface area contributed by atoms with Crippen LogP contribution in [0.25, 0.3) is 0 Å². The molecule has 0 aliphatic rings. The van der Waals surface area contributed by atoms with Gasteiger partial charge in [0.1, 0.15) is 0 Å². The average molecular weight is 310 g/mol. The molecular weight excluding hydrogens is 266 g/mol. The minimum Gasteiger partial charge on any atom is -0.330 e. The highest BCUT2D eigenvalue weighted by Crippen LogP contribution is 2.12. The average Bonchev–Trinajstić information content (AvgIpc) is 2.50. The van der Waals surface area contributed by atoms with Crippen molar-refractivity contribution in [1.82, 2.24) is 0 Å². The second-order valence-corrected chi connectivity index (χ2v) is 7.26. The summed E-state index contributed by atoms with van der Waals surface area (Å²) in [4.78, 5) is 0. The Labute approximate surface area is 141 Å². The third-order valence-corrected chi connectivity index (χ3v) is 4.39. The van der Waals surface area contributed by atoms with E-state index in [1.54, 1.807) is 0 Å². The van der Waals surface area contributed by atoms with Crippen LogP contribution >= 0.6 is 0 Å². The second-order valence-electron chi connectivity index (χ2n) is 7.26. The van der Waals surface area contributed by atoms with Crippen molar-refractivity contribution >= 4 is 0 Å². The monoisotopic (exact) mass is 309 g/mol. The Kier molecular flexibility index (Phi) is 18.5. The molecule has 0 heterocycles. The molecule has 0 unspecified atom stereocenters. The molecule has 1 nitrogen and oxygen atoms in total. The van der Waals surface area contributed by atoms with Crippen LogP contribution in [0.3, 0.4) is 0 Å². The number of allylic oxidation sites excluding steroid dienone is 2. The highest BCUT2D eigenvalue weighted by Gasteiger charge is 1.94. The fourth-order valence-electron chi connectivity index (χ4n) is 2.87. The summed E-state index contributed by atoms with van der Waals surface area (Å²) in [7, 11) is 0. The van der Waals surface area contributed by atoms with Gasteiger partial charge in [-0.15, -0.1) is 0 Å². The molecule has 0 saturated carbocycles. The Hall–Kier alpha value is -0.300. The van der Waals surface area contributed by atoms with Crippen molar-refractivity contribution in [2.75, 3.05) is 6.54 Å². The van der Waals surface area contributed by atoms with Gasteiger partial charge in [0.05, 0.1) is 0 Å². The van der Waals surface area contributed by atoms with Crippen LogP contribution in [0.2, 0.25) is 0 Å². The molecule has 2 N–H and O–H groups in total. The first kappa shape index (κ1) is 21.7. The predicted octanol–water partition coefficient (Wildman–Crippen LogP) is 7.01. The van der Waals surface area contributed by atoms with Crippen molar-refractivity contribution in [3.8, 4) is 0 Å². The first-order chi connectivity index (χ1) is 10.8. The summed E-state index contributed by atoms with van der Waals surface area (Å²) in [6, 6.07) is 0. The molecule has 0 aliphatic carbocycles. The van der Waals surface area contributed by atoms with Crippen LogP contribution in [-0.2, 0) is 0 Å². The van der Waals surface area contributed by atoms with Crippen molar-refractivity contribution in [3.05, 3.63) is 12.2 Å². The summed E-state index contributed by atoms with van der Waals surface area (Å²) in [5, 5.41) is 0. The van der Waals surface area contributed by atoms with Crippen molar-refractivity contribution in [2.45, 2.75) is 110 Å². The largest absolute Gasteiger partial charge is 0.330 e. The van der Waals surface area contributed by atoms with E-state index in [9.17, 15) is 0 Å². The van der Waals surface area contributed by atoms with E-state index in [4.69, 9.17) is 5.73 Å². The molecule has 0 rings (SSSR count). The Morgan fingerprint density at radius 1 is 0.591 bits per heavy atom. The van der Waals surface area contributed by atoms with Gasteiger partial charge in [0.2, 0.25) is 0 Å². The third-order valence-electron chi connectivity index (χ3n) is 4.39. The predicted molar refractivity (Wildman–Crippen MR) is 102 cm³/mol. The van der Waals surface area contributed by atoms with Crippen molar-refractivity contribution in [3.63, 3.8) is 0 Å². The smallest absolute Gasteiger partial charge is 0.00773 e. The molecule has 0 fully saturated rings. The number of hydrogen-bond donors (Lipinski definition) is 1. The summed E-state index contributed by atoms with van der Waals surface area (Å²) in [5.41, 5.74) is 5.49. The summed E-state index contributed by atoms with van der Waals surface area (Å²) >= 11 is 0. The lowest BCUT2D eigenvalue weighted by Gasteiger charge is -2.03. The van der Waals surface area contributed by atoms with Gasteiger partial charge in [0, 0.05) is 0 Å². The fraction of sp³-hybridized carbons (Fsp3) is 0.905. The zero-order valence-corrected chi connectivity index (χ0v) is 15.6. The molecule has 1 heteroatoms. The minimum absolute atomic E-state index is 0.862. The molecule has 132 valence electrons. The van der Waals surface area contributed by atoms with E-state index < -0.39 is 0 Å². The highest BCUT2D eigenvalue weighted by atomic mass is 14.5. The lowest BCUT2D eigenvalue weighted by Crippen LogP contribution is -1.97. The van der Waals surface area contributed by atoms with Crippen LogP contribution in [0.5, 0.6) is 0 Å².